The van der Waals surface area contributed by atoms with Crippen LogP contribution in [0.25, 0.3) is 0 Å². The van der Waals surface area contributed by atoms with Crippen molar-refractivity contribution < 1.29 is 14.4 Å². The molecule has 5 nitrogen and oxygen atoms in total. The number of nitro groups is 1. The Morgan fingerprint density at radius 2 is 1.90 bits per heavy atom. The number of hydrogen-bond acceptors (Lipinski definition) is 4. The summed E-state index contributed by atoms with van der Waals surface area (Å²) in [5.74, 6) is -0.627. The van der Waals surface area contributed by atoms with E-state index in [0.29, 0.717) is 0 Å². The molecule has 110 valence electrons. The fourth-order valence-electron chi connectivity index (χ4n) is 2.15. The topological polar surface area (TPSA) is 89.4 Å². The molecule has 0 bridgehead atoms. The third-order valence-corrected chi connectivity index (χ3v) is 3.25. The lowest BCUT2D eigenvalue weighted by molar-refractivity contribution is -0.385. The van der Waals surface area contributed by atoms with Gasteiger partial charge in [-0.3, -0.25) is 10.1 Å². The molecule has 0 aromatic heterocycles. The first-order valence-electron chi connectivity index (χ1n) is 6.40. The summed E-state index contributed by atoms with van der Waals surface area (Å²) < 4.78 is 13.3. The Hall–Kier alpha value is -2.31. The number of nitrogens with zero attached hydrogens (tertiary/aromatic N) is 1. The van der Waals surface area contributed by atoms with Crippen LogP contribution in [0, 0.1) is 15.9 Å². The van der Waals surface area contributed by atoms with Gasteiger partial charge in [0.25, 0.3) is 5.69 Å². The Morgan fingerprint density at radius 1 is 1.24 bits per heavy atom. The Kier molecular flexibility index (Phi) is 4.62. The van der Waals surface area contributed by atoms with Crippen LogP contribution >= 0.6 is 0 Å². The average Bonchev–Trinajstić information content (AvgIpc) is 2.47. The van der Waals surface area contributed by atoms with Crippen LogP contribution in [-0.4, -0.2) is 16.1 Å². The summed E-state index contributed by atoms with van der Waals surface area (Å²) in [7, 11) is 0. The van der Waals surface area contributed by atoms with E-state index in [9.17, 15) is 19.6 Å². The molecule has 3 N–H and O–H groups in total. The summed E-state index contributed by atoms with van der Waals surface area (Å²) >= 11 is 0. The molecular weight excluding hydrogens is 275 g/mol. The number of rotatable bonds is 5. The van der Waals surface area contributed by atoms with Crippen LogP contribution in [-0.2, 0) is 6.42 Å². The lowest BCUT2D eigenvalue weighted by Gasteiger charge is -2.19. The van der Waals surface area contributed by atoms with Gasteiger partial charge in [-0.1, -0.05) is 30.3 Å². The molecule has 0 fully saturated rings. The van der Waals surface area contributed by atoms with Crippen LogP contribution in [0.5, 0.6) is 0 Å². The highest BCUT2D eigenvalue weighted by molar-refractivity contribution is 5.43. The normalized spacial score (nSPS) is 13.7. The fourth-order valence-corrected chi connectivity index (χ4v) is 2.15. The molecule has 6 heteroatoms. The standard InChI is InChI=1S/C15H15FN2O3/c16-11-6-7-13(18(20)21)12(9-11)15(17)14(19)8-10-4-2-1-3-5-10/h1-7,9,14-15,19H,8,17H2/t14-,15+/m1/s1. The predicted molar refractivity (Wildman–Crippen MR) is 76.1 cm³/mol. The van der Waals surface area contributed by atoms with Crippen molar-refractivity contribution in [3.63, 3.8) is 0 Å². The molecule has 0 heterocycles. The minimum atomic E-state index is -1.05. The summed E-state index contributed by atoms with van der Waals surface area (Å²) in [6.07, 6.45) is -0.816. The number of hydrogen-bond donors (Lipinski definition) is 2. The van der Waals surface area contributed by atoms with Crippen LogP contribution in [0.2, 0.25) is 0 Å². The molecule has 2 rings (SSSR count). The zero-order chi connectivity index (χ0) is 15.4. The van der Waals surface area contributed by atoms with Gasteiger partial charge in [0.2, 0.25) is 0 Å². The smallest absolute Gasteiger partial charge is 0.274 e. The number of aliphatic hydroxyl groups excluding tert-OH is 1. The summed E-state index contributed by atoms with van der Waals surface area (Å²) in [5.41, 5.74) is 6.41. The van der Waals surface area contributed by atoms with Gasteiger partial charge >= 0.3 is 0 Å². The first-order valence-corrected chi connectivity index (χ1v) is 6.40. The predicted octanol–water partition coefficient (Wildman–Crippen LogP) is 2.34. The molecule has 2 aromatic carbocycles. The monoisotopic (exact) mass is 290 g/mol. The molecule has 0 spiro atoms. The second-order valence-corrected chi connectivity index (χ2v) is 4.74. The van der Waals surface area contributed by atoms with Gasteiger partial charge in [0.05, 0.1) is 22.6 Å². The van der Waals surface area contributed by atoms with Gasteiger partial charge in [0, 0.05) is 12.5 Å². The maximum atomic E-state index is 13.3. The minimum absolute atomic E-state index is 0.0107. The lowest BCUT2D eigenvalue weighted by Crippen LogP contribution is -2.28. The zero-order valence-electron chi connectivity index (χ0n) is 11.1. The lowest BCUT2D eigenvalue weighted by atomic mass is 9.95. The minimum Gasteiger partial charge on any atom is -0.391 e. The van der Waals surface area contributed by atoms with Crippen molar-refractivity contribution in [3.8, 4) is 0 Å². The van der Waals surface area contributed by atoms with E-state index in [2.05, 4.69) is 0 Å². The van der Waals surface area contributed by atoms with E-state index in [4.69, 9.17) is 5.73 Å². The third-order valence-electron chi connectivity index (χ3n) is 3.25. The van der Waals surface area contributed by atoms with Crippen molar-refractivity contribution in [2.45, 2.75) is 18.6 Å². The Morgan fingerprint density at radius 3 is 2.52 bits per heavy atom. The SMILES string of the molecule is N[C@@H](c1cc(F)ccc1[N+](=O)[O-])[C@H](O)Cc1ccccc1. The zero-order valence-corrected chi connectivity index (χ0v) is 11.1. The maximum Gasteiger partial charge on any atom is 0.274 e. The first kappa shape index (κ1) is 15.1. The van der Waals surface area contributed by atoms with Gasteiger partial charge in [-0.15, -0.1) is 0 Å². The molecule has 0 aliphatic heterocycles. The number of nitro benzene ring substituents is 1. The molecule has 0 saturated heterocycles. The molecule has 0 unspecified atom stereocenters. The first-order chi connectivity index (χ1) is 9.99. The maximum absolute atomic E-state index is 13.3. The number of nitrogens with two attached hydrogens (primary N) is 1. The van der Waals surface area contributed by atoms with Gasteiger partial charge in [0.15, 0.2) is 0 Å². The van der Waals surface area contributed by atoms with E-state index in [1.807, 2.05) is 30.3 Å². The summed E-state index contributed by atoms with van der Waals surface area (Å²) in [5, 5.41) is 21.1. The summed E-state index contributed by atoms with van der Waals surface area (Å²) in [4.78, 5) is 10.3. The van der Waals surface area contributed by atoms with E-state index in [0.717, 1.165) is 23.8 Å². The van der Waals surface area contributed by atoms with E-state index >= 15 is 0 Å². The van der Waals surface area contributed by atoms with E-state index in [1.165, 1.54) is 0 Å². The number of halogens is 1. The van der Waals surface area contributed by atoms with Crippen LogP contribution < -0.4 is 5.73 Å². The van der Waals surface area contributed by atoms with E-state index in [1.54, 1.807) is 0 Å². The Labute approximate surface area is 121 Å². The van der Waals surface area contributed by atoms with Crippen LogP contribution in [0.3, 0.4) is 0 Å². The van der Waals surface area contributed by atoms with Crippen LogP contribution in [0.1, 0.15) is 17.2 Å². The number of aliphatic hydroxyl groups is 1. The highest BCUT2D eigenvalue weighted by Crippen LogP contribution is 2.27. The number of benzene rings is 2. The third kappa shape index (κ3) is 3.62. The highest BCUT2D eigenvalue weighted by Gasteiger charge is 2.25. The Balaban J connectivity index is 2.24. The molecule has 0 amide bonds. The molecule has 0 aliphatic rings. The Bertz CT molecular complexity index is 634. The summed E-state index contributed by atoms with van der Waals surface area (Å²) in [6, 6.07) is 11.1. The highest BCUT2D eigenvalue weighted by atomic mass is 19.1. The summed E-state index contributed by atoms with van der Waals surface area (Å²) in [6.45, 7) is 0. The largest absolute Gasteiger partial charge is 0.391 e. The van der Waals surface area contributed by atoms with Gasteiger partial charge in [-0.05, 0) is 17.7 Å². The molecule has 0 radical (unpaired) electrons. The van der Waals surface area contributed by atoms with Gasteiger partial charge in [-0.2, -0.15) is 0 Å². The molecule has 21 heavy (non-hydrogen) atoms. The van der Waals surface area contributed by atoms with Gasteiger partial charge < -0.3 is 10.8 Å². The molecule has 0 aliphatic carbocycles. The second kappa shape index (κ2) is 6.43. The van der Waals surface area contributed by atoms with E-state index in [-0.39, 0.29) is 17.7 Å². The van der Waals surface area contributed by atoms with Crippen LogP contribution in [0.15, 0.2) is 48.5 Å². The van der Waals surface area contributed by atoms with Crippen molar-refractivity contribution in [2.75, 3.05) is 0 Å². The molecule has 2 atom stereocenters. The quantitative estimate of drug-likeness (QED) is 0.653. The van der Waals surface area contributed by atoms with Crippen LogP contribution in [0.4, 0.5) is 10.1 Å². The second-order valence-electron chi connectivity index (χ2n) is 4.74. The van der Waals surface area contributed by atoms with Crippen molar-refractivity contribution >= 4 is 5.69 Å². The van der Waals surface area contributed by atoms with Crippen molar-refractivity contribution in [1.29, 1.82) is 0 Å². The average molecular weight is 290 g/mol. The van der Waals surface area contributed by atoms with Crippen molar-refractivity contribution in [2.24, 2.45) is 5.73 Å². The van der Waals surface area contributed by atoms with E-state index < -0.39 is 22.9 Å². The fraction of sp³-hybridized carbons (Fsp3) is 0.200. The molecule has 2 aromatic rings. The molecular formula is C15H15FN2O3. The van der Waals surface area contributed by atoms with Crippen molar-refractivity contribution in [1.82, 2.24) is 0 Å². The van der Waals surface area contributed by atoms with Gasteiger partial charge in [-0.25, -0.2) is 4.39 Å². The molecule has 0 saturated carbocycles. The van der Waals surface area contributed by atoms with Gasteiger partial charge in [0.1, 0.15) is 5.82 Å². The van der Waals surface area contributed by atoms with Crippen molar-refractivity contribution in [3.05, 3.63) is 75.6 Å².